The van der Waals surface area contributed by atoms with Gasteiger partial charge in [0.25, 0.3) is 5.91 Å². The lowest BCUT2D eigenvalue weighted by Gasteiger charge is -2.45. The number of piperazine rings is 1. The van der Waals surface area contributed by atoms with Gasteiger partial charge in [-0.3, -0.25) is 14.0 Å². The molecule has 2 fully saturated rings. The number of fused-ring (bicyclic) bond motifs is 2. The Labute approximate surface area is 162 Å². The predicted octanol–water partition coefficient (Wildman–Crippen LogP) is 0.598. The van der Waals surface area contributed by atoms with Crippen molar-refractivity contribution in [3.63, 3.8) is 0 Å². The molecule has 0 aromatic carbocycles. The number of pyridine rings is 1. The Morgan fingerprint density at radius 2 is 1.89 bits per heavy atom. The number of carbonyl (C=O) groups is 3. The molecule has 1 aliphatic heterocycles. The normalized spacial score (nSPS) is 21.6. The molecule has 0 radical (unpaired) electrons. The van der Waals surface area contributed by atoms with E-state index in [-0.39, 0.29) is 36.9 Å². The number of urea groups is 1. The minimum atomic E-state index is -0.629. The van der Waals surface area contributed by atoms with Crippen molar-refractivity contribution in [3.05, 3.63) is 36.3 Å². The van der Waals surface area contributed by atoms with Gasteiger partial charge in [-0.15, -0.1) is 0 Å². The van der Waals surface area contributed by atoms with Gasteiger partial charge in [0.15, 0.2) is 0 Å². The van der Waals surface area contributed by atoms with Gasteiger partial charge >= 0.3 is 6.03 Å². The zero-order chi connectivity index (χ0) is 19.7. The van der Waals surface area contributed by atoms with Gasteiger partial charge in [-0.25, -0.2) is 9.78 Å². The molecule has 1 aliphatic carbocycles. The maximum atomic E-state index is 13.3. The number of primary amides is 1. The number of nitrogens with zero attached hydrogens (tertiary/aromatic N) is 4. The van der Waals surface area contributed by atoms with E-state index in [0.29, 0.717) is 18.8 Å². The monoisotopic (exact) mass is 384 g/mol. The lowest BCUT2D eigenvalue weighted by atomic mass is 10.0. The van der Waals surface area contributed by atoms with Crippen molar-refractivity contribution in [2.45, 2.75) is 37.8 Å². The molecule has 1 saturated heterocycles. The van der Waals surface area contributed by atoms with Crippen molar-refractivity contribution in [1.82, 2.24) is 24.5 Å². The third-order valence-corrected chi connectivity index (χ3v) is 5.69. The van der Waals surface area contributed by atoms with Crippen LogP contribution in [0.4, 0.5) is 4.79 Å². The number of rotatable bonds is 4. The van der Waals surface area contributed by atoms with Crippen LogP contribution in [-0.2, 0) is 4.79 Å². The first kappa shape index (κ1) is 18.3. The quantitative estimate of drug-likeness (QED) is 0.803. The first-order chi connectivity index (χ1) is 13.6. The third-order valence-electron chi connectivity index (χ3n) is 5.69. The fraction of sp³-hybridized carbons (Fsp3) is 0.474. The number of imidazole rings is 1. The van der Waals surface area contributed by atoms with Gasteiger partial charge in [-0.2, -0.15) is 0 Å². The molecule has 2 aromatic rings. The molecule has 148 valence electrons. The maximum Gasteiger partial charge on any atom is 0.312 e. The summed E-state index contributed by atoms with van der Waals surface area (Å²) in [6, 6.07) is 4.94. The molecular weight excluding hydrogens is 360 g/mol. The topological polar surface area (TPSA) is 113 Å². The first-order valence-electron chi connectivity index (χ1n) is 9.62. The lowest BCUT2D eigenvalue weighted by Crippen LogP contribution is -2.60. The summed E-state index contributed by atoms with van der Waals surface area (Å²) in [6.45, 7) is 1.23. The summed E-state index contributed by atoms with van der Waals surface area (Å²) < 4.78 is 1.80. The van der Waals surface area contributed by atoms with E-state index < -0.39 is 6.03 Å². The highest BCUT2D eigenvalue weighted by Gasteiger charge is 2.43. The van der Waals surface area contributed by atoms with Crippen molar-refractivity contribution in [2.75, 3.05) is 19.6 Å². The average molecular weight is 384 g/mol. The Bertz CT molecular complexity index is 910. The van der Waals surface area contributed by atoms with Gasteiger partial charge in [0.1, 0.15) is 11.3 Å². The summed E-state index contributed by atoms with van der Waals surface area (Å²) in [6.07, 6.45) is 6.45. The number of hydrogen-bond donors (Lipinski definition) is 2. The van der Waals surface area contributed by atoms with Crippen LogP contribution in [0.25, 0.3) is 5.65 Å². The van der Waals surface area contributed by atoms with Crippen molar-refractivity contribution in [3.8, 4) is 0 Å². The summed E-state index contributed by atoms with van der Waals surface area (Å²) in [5.41, 5.74) is 6.38. The Kier molecular flexibility index (Phi) is 4.89. The third kappa shape index (κ3) is 3.28. The fourth-order valence-corrected chi connectivity index (χ4v) is 4.46. The molecule has 28 heavy (non-hydrogen) atoms. The largest absolute Gasteiger partial charge is 0.352 e. The minimum Gasteiger partial charge on any atom is -0.352 e. The van der Waals surface area contributed by atoms with Gasteiger partial charge in [0.2, 0.25) is 5.91 Å². The van der Waals surface area contributed by atoms with Crippen molar-refractivity contribution in [1.29, 1.82) is 0 Å². The molecule has 9 nitrogen and oxygen atoms in total. The highest BCUT2D eigenvalue weighted by atomic mass is 16.2. The second-order valence-electron chi connectivity index (χ2n) is 7.26. The molecule has 4 amide bonds. The molecular formula is C19H24N6O3. The minimum absolute atomic E-state index is 0.00513. The molecule has 2 atom stereocenters. The van der Waals surface area contributed by atoms with Crippen LogP contribution < -0.4 is 11.1 Å². The average Bonchev–Trinajstić information content (AvgIpc) is 3.35. The van der Waals surface area contributed by atoms with Crippen LogP contribution in [0.15, 0.2) is 30.6 Å². The van der Waals surface area contributed by atoms with Crippen molar-refractivity contribution < 1.29 is 14.4 Å². The van der Waals surface area contributed by atoms with Crippen LogP contribution in [0, 0.1) is 0 Å². The van der Waals surface area contributed by atoms with E-state index in [1.54, 1.807) is 16.8 Å². The predicted molar refractivity (Wildman–Crippen MR) is 102 cm³/mol. The SMILES string of the molecule is NC(=O)NCCC(=O)N1CCN(C(=O)c2cccc3nccn23)[C@@H]2CCC[C@@H]21. The molecule has 3 heterocycles. The standard InChI is InChI=1S/C19H24N6O3/c20-19(28)22-8-7-17(26)24-11-12-25(14-4-1-3-13(14)24)18(27)15-5-2-6-16-21-9-10-23(15)16/h2,5-6,9-10,13-14H,1,3-4,7-8,11-12H2,(H3,20,22,28)/t13-,14+/m0/s1. The zero-order valence-electron chi connectivity index (χ0n) is 15.6. The van der Waals surface area contributed by atoms with Gasteiger partial charge in [-0.05, 0) is 31.4 Å². The Morgan fingerprint density at radius 3 is 2.68 bits per heavy atom. The molecule has 0 spiro atoms. The molecule has 9 heteroatoms. The summed E-state index contributed by atoms with van der Waals surface area (Å²) >= 11 is 0. The molecule has 4 rings (SSSR count). The van der Waals surface area contributed by atoms with E-state index in [2.05, 4.69) is 10.3 Å². The van der Waals surface area contributed by atoms with E-state index >= 15 is 0 Å². The van der Waals surface area contributed by atoms with E-state index in [1.165, 1.54) is 0 Å². The van der Waals surface area contributed by atoms with Crippen molar-refractivity contribution >= 4 is 23.5 Å². The fourth-order valence-electron chi connectivity index (χ4n) is 4.46. The van der Waals surface area contributed by atoms with Gasteiger partial charge in [0, 0.05) is 38.4 Å². The zero-order valence-corrected chi connectivity index (χ0v) is 15.6. The first-order valence-corrected chi connectivity index (χ1v) is 9.62. The summed E-state index contributed by atoms with van der Waals surface area (Å²) in [5, 5.41) is 2.46. The molecule has 2 aliphatic rings. The number of aromatic nitrogens is 2. The maximum absolute atomic E-state index is 13.3. The number of nitrogens with two attached hydrogens (primary N) is 1. The van der Waals surface area contributed by atoms with Crippen LogP contribution in [0.3, 0.4) is 0 Å². The van der Waals surface area contributed by atoms with E-state index in [4.69, 9.17) is 5.73 Å². The second-order valence-corrected chi connectivity index (χ2v) is 7.26. The van der Waals surface area contributed by atoms with Crippen LogP contribution in [0.2, 0.25) is 0 Å². The molecule has 0 unspecified atom stereocenters. The summed E-state index contributed by atoms with van der Waals surface area (Å²) in [5.74, 6) is -0.0301. The second kappa shape index (κ2) is 7.49. The van der Waals surface area contributed by atoms with Gasteiger partial charge in [0.05, 0.1) is 12.1 Å². The number of carbonyl (C=O) groups excluding carboxylic acids is 3. The van der Waals surface area contributed by atoms with Crippen molar-refractivity contribution in [2.24, 2.45) is 5.73 Å². The van der Waals surface area contributed by atoms with E-state index in [0.717, 1.165) is 24.9 Å². The van der Waals surface area contributed by atoms with Gasteiger partial charge in [-0.1, -0.05) is 6.07 Å². The Balaban J connectivity index is 1.50. The molecule has 1 saturated carbocycles. The Hall–Kier alpha value is -3.10. The molecule has 2 aromatic heterocycles. The number of hydrogen-bond acceptors (Lipinski definition) is 4. The highest BCUT2D eigenvalue weighted by molar-refractivity contribution is 5.94. The van der Waals surface area contributed by atoms with Crippen LogP contribution >= 0.6 is 0 Å². The number of nitrogens with one attached hydrogen (secondary N) is 1. The van der Waals surface area contributed by atoms with Crippen LogP contribution in [0.5, 0.6) is 0 Å². The Morgan fingerprint density at radius 1 is 1.14 bits per heavy atom. The molecule has 0 bridgehead atoms. The van der Waals surface area contributed by atoms with Crippen LogP contribution in [0.1, 0.15) is 36.2 Å². The summed E-state index contributed by atoms with van der Waals surface area (Å²) in [4.78, 5) is 44.8. The number of amides is 4. The summed E-state index contributed by atoms with van der Waals surface area (Å²) in [7, 11) is 0. The van der Waals surface area contributed by atoms with E-state index in [1.807, 2.05) is 28.0 Å². The smallest absolute Gasteiger partial charge is 0.312 e. The highest BCUT2D eigenvalue weighted by Crippen LogP contribution is 2.33. The van der Waals surface area contributed by atoms with E-state index in [9.17, 15) is 14.4 Å². The van der Waals surface area contributed by atoms with Crippen LogP contribution in [-0.4, -0.2) is 68.7 Å². The van der Waals surface area contributed by atoms with Gasteiger partial charge < -0.3 is 20.9 Å². The lowest BCUT2D eigenvalue weighted by molar-refractivity contribution is -0.136. The molecule has 3 N–H and O–H groups in total.